The third-order valence-corrected chi connectivity index (χ3v) is 3.75. The SMILES string of the molecule is CNC(=O)c1ccc(NC(=O)CNc2ccc(C(=O)NC(C)(C)C)cc2)cc1. The van der Waals surface area contributed by atoms with Gasteiger partial charge in [0.25, 0.3) is 11.8 Å². The zero-order chi connectivity index (χ0) is 20.7. The molecule has 148 valence electrons. The molecule has 0 aliphatic heterocycles. The van der Waals surface area contributed by atoms with Gasteiger partial charge in [-0.3, -0.25) is 14.4 Å². The first-order chi connectivity index (χ1) is 13.2. The quantitative estimate of drug-likeness (QED) is 0.617. The smallest absolute Gasteiger partial charge is 0.251 e. The maximum absolute atomic E-state index is 12.1. The number of anilines is 2. The minimum atomic E-state index is -0.301. The Bertz CT molecular complexity index is 837. The Kier molecular flexibility index (Phi) is 6.76. The highest BCUT2D eigenvalue weighted by atomic mass is 16.2. The van der Waals surface area contributed by atoms with Gasteiger partial charge in [0.2, 0.25) is 5.91 Å². The zero-order valence-electron chi connectivity index (χ0n) is 16.6. The molecule has 7 heteroatoms. The molecule has 0 spiro atoms. The van der Waals surface area contributed by atoms with Gasteiger partial charge in [-0.15, -0.1) is 0 Å². The number of amides is 3. The van der Waals surface area contributed by atoms with Gasteiger partial charge >= 0.3 is 0 Å². The van der Waals surface area contributed by atoms with E-state index in [2.05, 4.69) is 21.3 Å². The highest BCUT2D eigenvalue weighted by molar-refractivity contribution is 5.97. The number of hydrogen-bond acceptors (Lipinski definition) is 4. The van der Waals surface area contributed by atoms with E-state index < -0.39 is 0 Å². The molecule has 0 bridgehead atoms. The summed E-state index contributed by atoms with van der Waals surface area (Å²) >= 11 is 0. The van der Waals surface area contributed by atoms with Crippen molar-refractivity contribution in [3.05, 3.63) is 59.7 Å². The maximum Gasteiger partial charge on any atom is 0.251 e. The summed E-state index contributed by atoms with van der Waals surface area (Å²) < 4.78 is 0. The molecule has 0 saturated carbocycles. The molecule has 0 atom stereocenters. The standard InChI is InChI=1S/C21H26N4O3/c1-21(2,3)25-20(28)15-5-9-16(10-6-15)23-13-18(26)24-17-11-7-14(8-12-17)19(27)22-4/h5-12,23H,13H2,1-4H3,(H,22,27)(H,24,26)(H,25,28). The molecule has 0 heterocycles. The van der Waals surface area contributed by atoms with Crippen LogP contribution < -0.4 is 21.3 Å². The van der Waals surface area contributed by atoms with Gasteiger partial charge in [0, 0.05) is 35.1 Å². The summed E-state index contributed by atoms with van der Waals surface area (Å²) in [6.07, 6.45) is 0. The predicted octanol–water partition coefficient (Wildman–Crippen LogP) is 2.63. The van der Waals surface area contributed by atoms with E-state index in [4.69, 9.17) is 0 Å². The number of carbonyl (C=O) groups is 3. The summed E-state index contributed by atoms with van der Waals surface area (Å²) in [5.74, 6) is -0.543. The molecule has 0 saturated heterocycles. The van der Waals surface area contributed by atoms with E-state index in [-0.39, 0.29) is 29.8 Å². The van der Waals surface area contributed by atoms with E-state index in [1.54, 1.807) is 55.6 Å². The van der Waals surface area contributed by atoms with E-state index in [1.165, 1.54) is 0 Å². The van der Waals surface area contributed by atoms with Crippen LogP contribution in [0.5, 0.6) is 0 Å². The van der Waals surface area contributed by atoms with Crippen LogP contribution in [0.3, 0.4) is 0 Å². The van der Waals surface area contributed by atoms with Gasteiger partial charge in [-0.2, -0.15) is 0 Å². The molecule has 3 amide bonds. The van der Waals surface area contributed by atoms with Crippen molar-refractivity contribution < 1.29 is 14.4 Å². The minimum Gasteiger partial charge on any atom is -0.376 e. The van der Waals surface area contributed by atoms with Crippen LogP contribution >= 0.6 is 0 Å². The first kappa shape index (κ1) is 21.0. The van der Waals surface area contributed by atoms with Gasteiger partial charge in [-0.05, 0) is 69.3 Å². The van der Waals surface area contributed by atoms with E-state index in [0.717, 1.165) is 5.69 Å². The van der Waals surface area contributed by atoms with Crippen molar-refractivity contribution in [2.75, 3.05) is 24.2 Å². The van der Waals surface area contributed by atoms with E-state index in [0.29, 0.717) is 16.8 Å². The highest BCUT2D eigenvalue weighted by Gasteiger charge is 2.15. The predicted molar refractivity (Wildman–Crippen MR) is 111 cm³/mol. The summed E-state index contributed by atoms with van der Waals surface area (Å²) in [6, 6.07) is 13.5. The van der Waals surface area contributed by atoms with Gasteiger partial charge < -0.3 is 21.3 Å². The lowest BCUT2D eigenvalue weighted by atomic mass is 10.1. The lowest BCUT2D eigenvalue weighted by molar-refractivity contribution is -0.114. The fourth-order valence-electron chi connectivity index (χ4n) is 2.39. The maximum atomic E-state index is 12.1. The number of rotatable bonds is 6. The summed E-state index contributed by atoms with van der Waals surface area (Å²) in [7, 11) is 1.56. The van der Waals surface area contributed by atoms with Crippen molar-refractivity contribution >= 4 is 29.1 Å². The van der Waals surface area contributed by atoms with Gasteiger partial charge in [-0.25, -0.2) is 0 Å². The summed E-state index contributed by atoms with van der Waals surface area (Å²) in [6.45, 7) is 5.84. The second-order valence-electron chi connectivity index (χ2n) is 7.34. The monoisotopic (exact) mass is 382 g/mol. The Morgan fingerprint density at radius 2 is 1.29 bits per heavy atom. The molecule has 0 aliphatic carbocycles. The van der Waals surface area contributed by atoms with Crippen LogP contribution in [0, 0.1) is 0 Å². The van der Waals surface area contributed by atoms with E-state index in [9.17, 15) is 14.4 Å². The second kappa shape index (κ2) is 9.03. The van der Waals surface area contributed by atoms with Crippen molar-refractivity contribution in [2.24, 2.45) is 0 Å². The molecule has 28 heavy (non-hydrogen) atoms. The lowest BCUT2D eigenvalue weighted by Gasteiger charge is -2.20. The third-order valence-electron chi connectivity index (χ3n) is 3.75. The van der Waals surface area contributed by atoms with Crippen molar-refractivity contribution in [3.8, 4) is 0 Å². The van der Waals surface area contributed by atoms with Crippen LogP contribution in [0.25, 0.3) is 0 Å². The van der Waals surface area contributed by atoms with Crippen LogP contribution in [0.4, 0.5) is 11.4 Å². The van der Waals surface area contributed by atoms with Gasteiger partial charge in [0.15, 0.2) is 0 Å². The molecule has 0 aromatic heterocycles. The fraction of sp³-hybridized carbons (Fsp3) is 0.286. The Labute approximate surface area is 164 Å². The molecule has 4 N–H and O–H groups in total. The molecular formula is C21H26N4O3. The molecule has 0 radical (unpaired) electrons. The Balaban J connectivity index is 1.85. The fourth-order valence-corrected chi connectivity index (χ4v) is 2.39. The molecule has 0 aliphatic rings. The van der Waals surface area contributed by atoms with Gasteiger partial charge in [0.05, 0.1) is 6.54 Å². The molecule has 2 rings (SSSR count). The second-order valence-corrected chi connectivity index (χ2v) is 7.34. The normalized spacial score (nSPS) is 10.7. The van der Waals surface area contributed by atoms with Crippen molar-refractivity contribution in [1.82, 2.24) is 10.6 Å². The van der Waals surface area contributed by atoms with E-state index in [1.807, 2.05) is 20.8 Å². The molecule has 0 unspecified atom stereocenters. The molecule has 2 aromatic rings. The van der Waals surface area contributed by atoms with Crippen LogP contribution in [0.15, 0.2) is 48.5 Å². The number of benzene rings is 2. The van der Waals surface area contributed by atoms with Crippen LogP contribution in [0.2, 0.25) is 0 Å². The highest BCUT2D eigenvalue weighted by Crippen LogP contribution is 2.12. The van der Waals surface area contributed by atoms with Crippen LogP contribution in [-0.2, 0) is 4.79 Å². The minimum absolute atomic E-state index is 0.0741. The average molecular weight is 382 g/mol. The van der Waals surface area contributed by atoms with Gasteiger partial charge in [0.1, 0.15) is 0 Å². The molecule has 2 aromatic carbocycles. The molecule has 7 nitrogen and oxygen atoms in total. The van der Waals surface area contributed by atoms with E-state index >= 15 is 0 Å². The Morgan fingerprint density at radius 3 is 1.79 bits per heavy atom. The number of carbonyl (C=O) groups excluding carboxylic acids is 3. The van der Waals surface area contributed by atoms with Crippen molar-refractivity contribution in [1.29, 1.82) is 0 Å². The van der Waals surface area contributed by atoms with Crippen molar-refractivity contribution in [3.63, 3.8) is 0 Å². The molecular weight excluding hydrogens is 356 g/mol. The van der Waals surface area contributed by atoms with Gasteiger partial charge in [-0.1, -0.05) is 0 Å². The third kappa shape index (κ3) is 6.42. The van der Waals surface area contributed by atoms with Crippen LogP contribution in [0.1, 0.15) is 41.5 Å². The number of hydrogen-bond donors (Lipinski definition) is 4. The Hall–Kier alpha value is -3.35. The summed E-state index contributed by atoms with van der Waals surface area (Å²) in [5, 5.41) is 11.2. The summed E-state index contributed by atoms with van der Waals surface area (Å²) in [5.41, 5.74) is 2.12. The zero-order valence-corrected chi connectivity index (χ0v) is 16.6. The first-order valence-electron chi connectivity index (χ1n) is 8.96. The lowest BCUT2D eigenvalue weighted by Crippen LogP contribution is -2.40. The first-order valence-corrected chi connectivity index (χ1v) is 8.96. The van der Waals surface area contributed by atoms with Crippen molar-refractivity contribution in [2.45, 2.75) is 26.3 Å². The molecule has 0 fully saturated rings. The van der Waals surface area contributed by atoms with Crippen LogP contribution in [-0.4, -0.2) is 36.9 Å². The number of nitrogens with one attached hydrogen (secondary N) is 4. The summed E-state index contributed by atoms with van der Waals surface area (Å²) in [4.78, 5) is 35.7. The average Bonchev–Trinajstić information content (AvgIpc) is 2.65. The largest absolute Gasteiger partial charge is 0.376 e. The topological polar surface area (TPSA) is 99.3 Å². The Morgan fingerprint density at radius 1 is 0.786 bits per heavy atom.